The van der Waals surface area contributed by atoms with Crippen LogP contribution in [0.4, 0.5) is 4.79 Å². The van der Waals surface area contributed by atoms with E-state index in [0.717, 1.165) is 15.2 Å². The Labute approximate surface area is 129 Å². The maximum Gasteiger partial charge on any atom is 0.349 e. The van der Waals surface area contributed by atoms with E-state index in [1.54, 1.807) is 0 Å². The van der Waals surface area contributed by atoms with Gasteiger partial charge in [0.05, 0.1) is 10.2 Å². The van der Waals surface area contributed by atoms with Gasteiger partial charge in [0.1, 0.15) is 24.1 Å². The van der Waals surface area contributed by atoms with Crippen molar-refractivity contribution >= 4 is 39.1 Å². The second-order valence-corrected chi connectivity index (χ2v) is 5.76. The van der Waals surface area contributed by atoms with Crippen LogP contribution in [0, 0.1) is 0 Å². The van der Waals surface area contributed by atoms with Crippen molar-refractivity contribution in [2.75, 3.05) is 20.5 Å². The van der Waals surface area contributed by atoms with Crippen LogP contribution in [-0.4, -0.2) is 53.0 Å². The lowest BCUT2D eigenvalue weighted by Crippen LogP contribution is -2.55. The molecule has 0 aliphatic carbocycles. The molecular weight excluding hydrogens is 304 g/mol. The smallest absolute Gasteiger partial charge is 0.349 e. The number of carbonyl (C=O) groups excluding carboxylic acids is 1. The minimum Gasteiger partial charge on any atom is -0.362 e. The highest BCUT2D eigenvalue weighted by Crippen LogP contribution is 2.25. The number of para-hydroxylation sites is 1. The van der Waals surface area contributed by atoms with Crippen molar-refractivity contribution in [2.45, 2.75) is 0 Å². The highest BCUT2D eigenvalue weighted by molar-refractivity contribution is 7.21. The highest BCUT2D eigenvalue weighted by atomic mass is 32.1. The summed E-state index contributed by atoms with van der Waals surface area (Å²) in [4.78, 5) is 22.8. The van der Waals surface area contributed by atoms with Crippen molar-refractivity contribution in [3.63, 3.8) is 0 Å². The molecular formula is C13H12N6O2S. The zero-order valence-electron chi connectivity index (χ0n) is 11.7. The van der Waals surface area contributed by atoms with Crippen LogP contribution in [-0.2, 0) is 4.74 Å². The Morgan fingerprint density at radius 1 is 1.41 bits per heavy atom. The molecule has 2 amide bonds. The SMILES string of the molecule is COCN1NN=C2C(c3nc4ccccc4s3)=NCN2C1=O. The van der Waals surface area contributed by atoms with E-state index in [1.807, 2.05) is 24.3 Å². The molecule has 1 aromatic heterocycles. The number of rotatable bonds is 3. The molecule has 0 saturated heterocycles. The van der Waals surface area contributed by atoms with Crippen molar-refractivity contribution in [3.8, 4) is 0 Å². The van der Waals surface area contributed by atoms with Crippen LogP contribution in [0.25, 0.3) is 10.2 Å². The summed E-state index contributed by atoms with van der Waals surface area (Å²) in [6.45, 7) is 0.355. The van der Waals surface area contributed by atoms with Crippen LogP contribution < -0.4 is 5.53 Å². The number of thiazole rings is 1. The molecule has 9 heteroatoms. The van der Waals surface area contributed by atoms with Crippen molar-refractivity contribution in [2.24, 2.45) is 10.1 Å². The fraction of sp³-hybridized carbons (Fsp3) is 0.231. The van der Waals surface area contributed by atoms with Gasteiger partial charge in [0.15, 0.2) is 5.84 Å². The molecule has 1 N–H and O–H groups in total. The molecule has 3 heterocycles. The molecule has 0 bridgehead atoms. The van der Waals surface area contributed by atoms with E-state index in [9.17, 15) is 4.79 Å². The summed E-state index contributed by atoms with van der Waals surface area (Å²) in [6, 6.07) is 7.64. The third-order valence-electron chi connectivity index (χ3n) is 3.33. The average Bonchev–Trinajstić information content (AvgIpc) is 3.13. The Kier molecular flexibility index (Phi) is 3.01. The summed E-state index contributed by atoms with van der Waals surface area (Å²) < 4.78 is 6.03. The Bertz CT molecular complexity index is 781. The predicted molar refractivity (Wildman–Crippen MR) is 82.5 cm³/mol. The van der Waals surface area contributed by atoms with Crippen LogP contribution in [0.5, 0.6) is 0 Å². The van der Waals surface area contributed by atoms with E-state index >= 15 is 0 Å². The molecule has 2 aromatic rings. The van der Waals surface area contributed by atoms with Gasteiger partial charge >= 0.3 is 6.03 Å². The fourth-order valence-corrected chi connectivity index (χ4v) is 3.29. The van der Waals surface area contributed by atoms with Crippen LogP contribution in [0.2, 0.25) is 0 Å². The minimum atomic E-state index is -0.244. The van der Waals surface area contributed by atoms with E-state index in [4.69, 9.17) is 4.74 Å². The van der Waals surface area contributed by atoms with Crippen LogP contribution in [0.15, 0.2) is 34.4 Å². The molecule has 2 aliphatic rings. The third kappa shape index (κ3) is 1.94. The Balaban J connectivity index is 1.68. The van der Waals surface area contributed by atoms with E-state index in [0.29, 0.717) is 11.5 Å². The topological polar surface area (TPSA) is 82.4 Å². The summed E-state index contributed by atoms with van der Waals surface area (Å²) in [5.74, 6) is 0.497. The van der Waals surface area contributed by atoms with E-state index in [1.165, 1.54) is 28.4 Å². The number of urea groups is 1. The number of fused-ring (bicyclic) bond motifs is 2. The molecule has 8 nitrogen and oxygen atoms in total. The molecule has 0 fully saturated rings. The zero-order chi connectivity index (χ0) is 15.1. The number of nitrogens with one attached hydrogen (secondary N) is 1. The Morgan fingerprint density at radius 2 is 2.27 bits per heavy atom. The summed E-state index contributed by atoms with van der Waals surface area (Å²) in [6.07, 6.45) is 0. The average molecular weight is 316 g/mol. The zero-order valence-corrected chi connectivity index (χ0v) is 12.5. The van der Waals surface area contributed by atoms with E-state index in [-0.39, 0.29) is 19.4 Å². The molecule has 0 radical (unpaired) electrons. The number of hydrogen-bond acceptors (Lipinski definition) is 7. The van der Waals surface area contributed by atoms with Gasteiger partial charge in [-0.15, -0.1) is 16.4 Å². The van der Waals surface area contributed by atoms with E-state index in [2.05, 4.69) is 20.6 Å². The number of hydrazine groups is 1. The largest absolute Gasteiger partial charge is 0.362 e. The number of carbonyl (C=O) groups is 1. The van der Waals surface area contributed by atoms with Gasteiger partial charge in [-0.25, -0.2) is 15.3 Å². The summed E-state index contributed by atoms with van der Waals surface area (Å²) in [7, 11) is 1.52. The lowest BCUT2D eigenvalue weighted by molar-refractivity contribution is 0.0405. The predicted octanol–water partition coefficient (Wildman–Crippen LogP) is 1.22. The molecule has 0 unspecified atom stereocenters. The third-order valence-corrected chi connectivity index (χ3v) is 4.37. The first-order valence-corrected chi connectivity index (χ1v) is 7.41. The summed E-state index contributed by atoms with van der Waals surface area (Å²) >= 11 is 1.54. The molecule has 22 heavy (non-hydrogen) atoms. The summed E-state index contributed by atoms with van der Waals surface area (Å²) in [5.41, 5.74) is 4.23. The standard InChI is InChI=1S/C13H12N6O2S/c1-21-7-19-13(20)18-6-14-10(11(18)16-17-19)12-15-8-4-2-3-5-9(8)22-12/h2-5,17H,6-7H2,1H3. The second-order valence-electron chi connectivity index (χ2n) is 4.73. The normalized spacial score (nSPS) is 17.4. The fourth-order valence-electron chi connectivity index (χ4n) is 2.32. The molecule has 0 spiro atoms. The van der Waals surface area contributed by atoms with Crippen molar-refractivity contribution in [3.05, 3.63) is 29.3 Å². The van der Waals surface area contributed by atoms with Gasteiger partial charge in [-0.3, -0.25) is 9.89 Å². The van der Waals surface area contributed by atoms with Gasteiger partial charge in [-0.1, -0.05) is 12.1 Å². The molecule has 0 saturated carbocycles. The summed E-state index contributed by atoms with van der Waals surface area (Å²) in [5, 5.41) is 6.26. The van der Waals surface area contributed by atoms with E-state index < -0.39 is 0 Å². The number of aliphatic imine (C=N–C) groups is 1. The van der Waals surface area contributed by atoms with Gasteiger partial charge in [0.25, 0.3) is 0 Å². The lowest BCUT2D eigenvalue weighted by Gasteiger charge is -2.30. The first-order valence-electron chi connectivity index (χ1n) is 6.60. The van der Waals surface area contributed by atoms with Crippen LogP contribution >= 0.6 is 11.3 Å². The molecule has 112 valence electrons. The second kappa shape index (κ2) is 5.04. The van der Waals surface area contributed by atoms with Gasteiger partial charge in [0, 0.05) is 7.11 Å². The first kappa shape index (κ1) is 13.2. The first-order chi connectivity index (χ1) is 10.8. The quantitative estimate of drug-likeness (QED) is 0.923. The maximum absolute atomic E-state index is 12.3. The van der Waals surface area contributed by atoms with Crippen LogP contribution in [0.1, 0.15) is 5.01 Å². The molecule has 2 aliphatic heterocycles. The number of amidine groups is 1. The maximum atomic E-state index is 12.3. The number of hydrogen-bond donors (Lipinski definition) is 1. The molecule has 1 aromatic carbocycles. The number of benzene rings is 1. The molecule has 4 rings (SSSR count). The van der Waals surface area contributed by atoms with Crippen molar-refractivity contribution in [1.82, 2.24) is 20.4 Å². The van der Waals surface area contributed by atoms with Crippen molar-refractivity contribution in [1.29, 1.82) is 0 Å². The number of methoxy groups -OCH3 is 1. The lowest BCUT2D eigenvalue weighted by atomic mass is 10.3. The van der Waals surface area contributed by atoms with Gasteiger partial charge in [-0.2, -0.15) is 5.01 Å². The Hall–Kier alpha value is -2.52. The highest BCUT2D eigenvalue weighted by Gasteiger charge is 2.37. The number of aromatic nitrogens is 1. The van der Waals surface area contributed by atoms with Gasteiger partial charge < -0.3 is 4.74 Å². The van der Waals surface area contributed by atoms with Crippen LogP contribution in [0.3, 0.4) is 0 Å². The number of ether oxygens (including phenoxy) is 1. The number of nitrogens with zero attached hydrogens (tertiary/aromatic N) is 5. The van der Waals surface area contributed by atoms with Gasteiger partial charge in [0.2, 0.25) is 0 Å². The minimum absolute atomic E-state index is 0.114. The van der Waals surface area contributed by atoms with Gasteiger partial charge in [-0.05, 0) is 12.1 Å². The molecule has 0 atom stereocenters. The number of hydrazone groups is 1. The monoisotopic (exact) mass is 316 g/mol. The van der Waals surface area contributed by atoms with Crippen molar-refractivity contribution < 1.29 is 9.53 Å². The number of amides is 2. The Morgan fingerprint density at radius 3 is 3.09 bits per heavy atom.